The Balaban J connectivity index is 3.02. The maximum Gasteiger partial charge on any atom is 0.263 e. The van der Waals surface area contributed by atoms with Crippen LogP contribution in [0.2, 0.25) is 0 Å². The SMILES string of the molecule is CNC(=O)c1sc(NCCN(C)C)c(C(N)=O)c1N. The summed E-state index contributed by atoms with van der Waals surface area (Å²) in [5, 5.41) is 6.09. The second kappa shape index (κ2) is 6.39. The molecule has 0 aliphatic carbocycles. The Morgan fingerprint density at radius 2 is 2.00 bits per heavy atom. The van der Waals surface area contributed by atoms with Gasteiger partial charge in [-0.2, -0.15) is 0 Å². The Labute approximate surface area is 115 Å². The molecule has 0 aliphatic rings. The number of amides is 2. The molecule has 0 aliphatic heterocycles. The quantitative estimate of drug-likeness (QED) is 0.576. The zero-order valence-electron chi connectivity index (χ0n) is 11.2. The standard InChI is InChI=1S/C11H19N5O2S/c1-14-10(18)8-7(12)6(9(13)17)11(19-8)15-4-5-16(2)3/h15H,4-5,12H2,1-3H3,(H2,13,17)(H,14,18). The molecule has 1 rings (SSSR count). The van der Waals surface area contributed by atoms with E-state index >= 15 is 0 Å². The summed E-state index contributed by atoms with van der Waals surface area (Å²) in [5.41, 5.74) is 11.4. The van der Waals surface area contributed by atoms with Crippen LogP contribution in [-0.4, -0.2) is 50.9 Å². The molecule has 2 amide bonds. The van der Waals surface area contributed by atoms with Crippen LogP contribution in [0, 0.1) is 0 Å². The first kappa shape index (κ1) is 15.3. The number of nitrogen functional groups attached to an aromatic ring is 1. The van der Waals surface area contributed by atoms with Crippen molar-refractivity contribution in [2.24, 2.45) is 5.73 Å². The van der Waals surface area contributed by atoms with E-state index in [1.807, 2.05) is 19.0 Å². The third kappa shape index (κ3) is 3.58. The van der Waals surface area contributed by atoms with Gasteiger partial charge in [0, 0.05) is 20.1 Å². The summed E-state index contributed by atoms with van der Waals surface area (Å²) in [4.78, 5) is 25.4. The number of rotatable bonds is 6. The number of carbonyl (C=O) groups excluding carboxylic acids is 2. The first-order valence-corrected chi connectivity index (χ1v) is 6.52. The smallest absolute Gasteiger partial charge is 0.263 e. The monoisotopic (exact) mass is 285 g/mol. The molecule has 0 bridgehead atoms. The largest absolute Gasteiger partial charge is 0.397 e. The molecular weight excluding hydrogens is 266 g/mol. The van der Waals surface area contributed by atoms with Crippen LogP contribution in [-0.2, 0) is 0 Å². The lowest BCUT2D eigenvalue weighted by Crippen LogP contribution is -2.22. The van der Waals surface area contributed by atoms with Gasteiger partial charge in [0.05, 0.1) is 11.3 Å². The molecule has 1 aromatic rings. The highest BCUT2D eigenvalue weighted by atomic mass is 32.1. The molecule has 0 saturated heterocycles. The first-order chi connectivity index (χ1) is 8.88. The van der Waals surface area contributed by atoms with Crippen LogP contribution >= 0.6 is 11.3 Å². The van der Waals surface area contributed by atoms with E-state index < -0.39 is 5.91 Å². The minimum atomic E-state index is -0.642. The van der Waals surface area contributed by atoms with Crippen molar-refractivity contribution in [3.05, 3.63) is 10.4 Å². The molecule has 0 saturated carbocycles. The van der Waals surface area contributed by atoms with Gasteiger partial charge >= 0.3 is 0 Å². The van der Waals surface area contributed by atoms with Gasteiger partial charge in [-0.15, -0.1) is 11.3 Å². The lowest BCUT2D eigenvalue weighted by Gasteiger charge is -2.10. The number of nitrogens with two attached hydrogens (primary N) is 2. The van der Waals surface area contributed by atoms with Crippen molar-refractivity contribution in [1.29, 1.82) is 0 Å². The van der Waals surface area contributed by atoms with Gasteiger partial charge in [-0.25, -0.2) is 0 Å². The van der Waals surface area contributed by atoms with Gasteiger partial charge in [0.15, 0.2) is 0 Å². The molecule has 7 nitrogen and oxygen atoms in total. The molecule has 19 heavy (non-hydrogen) atoms. The van der Waals surface area contributed by atoms with Crippen LogP contribution in [0.5, 0.6) is 0 Å². The second-order valence-electron chi connectivity index (χ2n) is 4.22. The van der Waals surface area contributed by atoms with Crippen molar-refractivity contribution in [2.45, 2.75) is 0 Å². The van der Waals surface area contributed by atoms with E-state index in [0.717, 1.165) is 17.9 Å². The molecule has 0 radical (unpaired) electrons. The number of anilines is 2. The lowest BCUT2D eigenvalue weighted by atomic mass is 10.2. The topological polar surface area (TPSA) is 113 Å². The van der Waals surface area contributed by atoms with Crippen molar-refractivity contribution in [3.8, 4) is 0 Å². The van der Waals surface area contributed by atoms with E-state index in [2.05, 4.69) is 10.6 Å². The maximum absolute atomic E-state index is 11.6. The summed E-state index contributed by atoms with van der Waals surface area (Å²) in [6, 6.07) is 0. The molecule has 0 aromatic carbocycles. The Bertz CT molecular complexity index is 484. The second-order valence-corrected chi connectivity index (χ2v) is 5.24. The zero-order chi connectivity index (χ0) is 14.6. The molecule has 6 N–H and O–H groups in total. The summed E-state index contributed by atoms with van der Waals surface area (Å²) in [6.07, 6.45) is 0. The van der Waals surface area contributed by atoms with Crippen LogP contribution in [0.25, 0.3) is 0 Å². The highest BCUT2D eigenvalue weighted by Crippen LogP contribution is 2.35. The van der Waals surface area contributed by atoms with Gasteiger partial charge in [-0.3, -0.25) is 9.59 Å². The van der Waals surface area contributed by atoms with Crippen LogP contribution in [0.1, 0.15) is 20.0 Å². The molecule has 0 fully saturated rings. The maximum atomic E-state index is 11.6. The number of likely N-dealkylation sites (N-methyl/N-ethyl adjacent to an activating group) is 1. The molecule has 106 valence electrons. The zero-order valence-corrected chi connectivity index (χ0v) is 12.1. The predicted octanol–water partition coefficient (Wildman–Crippen LogP) is -0.238. The first-order valence-electron chi connectivity index (χ1n) is 5.71. The van der Waals surface area contributed by atoms with Crippen LogP contribution in [0.15, 0.2) is 0 Å². The minimum absolute atomic E-state index is 0.129. The Kier molecular flexibility index (Phi) is 5.13. The number of carbonyl (C=O) groups is 2. The number of nitrogens with one attached hydrogen (secondary N) is 2. The molecule has 0 unspecified atom stereocenters. The van der Waals surface area contributed by atoms with Gasteiger partial charge in [0.25, 0.3) is 11.8 Å². The number of primary amides is 1. The fourth-order valence-corrected chi connectivity index (χ4v) is 2.59. The Morgan fingerprint density at radius 3 is 2.47 bits per heavy atom. The average Bonchev–Trinajstić information content (AvgIpc) is 2.65. The van der Waals surface area contributed by atoms with Crippen molar-refractivity contribution in [2.75, 3.05) is 45.3 Å². The van der Waals surface area contributed by atoms with Gasteiger partial charge < -0.3 is 27.0 Å². The summed E-state index contributed by atoms with van der Waals surface area (Å²) in [7, 11) is 5.38. The van der Waals surface area contributed by atoms with Gasteiger partial charge in [-0.05, 0) is 14.1 Å². The number of hydrogen-bond donors (Lipinski definition) is 4. The Hall–Kier alpha value is -1.80. The van der Waals surface area contributed by atoms with Crippen molar-refractivity contribution < 1.29 is 9.59 Å². The van der Waals surface area contributed by atoms with E-state index in [4.69, 9.17) is 11.5 Å². The molecule has 0 spiro atoms. The van der Waals surface area contributed by atoms with Crippen molar-refractivity contribution in [3.63, 3.8) is 0 Å². The predicted molar refractivity (Wildman–Crippen MR) is 77.7 cm³/mol. The minimum Gasteiger partial charge on any atom is -0.397 e. The number of nitrogens with zero attached hydrogens (tertiary/aromatic N) is 1. The normalized spacial score (nSPS) is 10.5. The molecule has 0 atom stereocenters. The van der Waals surface area contributed by atoms with Crippen LogP contribution in [0.3, 0.4) is 0 Å². The van der Waals surface area contributed by atoms with Crippen molar-refractivity contribution in [1.82, 2.24) is 10.2 Å². The molecule has 8 heteroatoms. The van der Waals surface area contributed by atoms with E-state index in [1.54, 1.807) is 0 Å². The molecule has 1 heterocycles. The fourth-order valence-electron chi connectivity index (χ4n) is 1.49. The van der Waals surface area contributed by atoms with Crippen LogP contribution < -0.4 is 22.1 Å². The van der Waals surface area contributed by atoms with E-state index in [9.17, 15) is 9.59 Å². The average molecular weight is 285 g/mol. The summed E-state index contributed by atoms with van der Waals surface area (Å²) < 4.78 is 0. The number of thiophene rings is 1. The molecule has 1 aromatic heterocycles. The van der Waals surface area contributed by atoms with E-state index in [1.165, 1.54) is 7.05 Å². The molecular formula is C11H19N5O2S. The van der Waals surface area contributed by atoms with Gasteiger partial charge in [0.1, 0.15) is 9.88 Å². The number of hydrogen-bond acceptors (Lipinski definition) is 6. The van der Waals surface area contributed by atoms with Gasteiger partial charge in [-0.1, -0.05) is 0 Å². The fraction of sp³-hybridized carbons (Fsp3) is 0.455. The third-order valence-electron chi connectivity index (χ3n) is 2.47. The third-order valence-corrected chi connectivity index (χ3v) is 3.63. The highest BCUT2D eigenvalue weighted by Gasteiger charge is 2.23. The van der Waals surface area contributed by atoms with Crippen LogP contribution in [0.4, 0.5) is 10.7 Å². The van der Waals surface area contributed by atoms with E-state index in [0.29, 0.717) is 16.4 Å². The van der Waals surface area contributed by atoms with Gasteiger partial charge in [0.2, 0.25) is 0 Å². The summed E-state index contributed by atoms with van der Waals surface area (Å²) >= 11 is 1.13. The lowest BCUT2D eigenvalue weighted by molar-refractivity contribution is 0.0967. The van der Waals surface area contributed by atoms with E-state index in [-0.39, 0.29) is 17.2 Å². The summed E-state index contributed by atoms with van der Waals surface area (Å²) in [6.45, 7) is 1.41. The Morgan fingerprint density at radius 1 is 1.37 bits per heavy atom. The highest BCUT2D eigenvalue weighted by molar-refractivity contribution is 7.19. The summed E-state index contributed by atoms with van der Waals surface area (Å²) in [5.74, 6) is -0.970. The van der Waals surface area contributed by atoms with Crippen molar-refractivity contribution >= 4 is 33.8 Å².